The van der Waals surface area contributed by atoms with Gasteiger partial charge in [0.05, 0.1) is 109 Å². The van der Waals surface area contributed by atoms with Crippen LogP contribution in [0.4, 0.5) is 96.6 Å². The van der Waals surface area contributed by atoms with E-state index < -0.39 is 165 Å². The Labute approximate surface area is 756 Å². The first-order valence-corrected chi connectivity index (χ1v) is 65.1. The van der Waals surface area contributed by atoms with Gasteiger partial charge in [-0.25, -0.2) is 85.6 Å². The molecule has 3 rings (SSSR count). The number of aromatic nitrogens is 4. The second kappa shape index (κ2) is 53.5. The fourth-order valence-electron chi connectivity index (χ4n) is 7.73. The number of sulfonamides is 8. The highest BCUT2D eigenvalue weighted by Crippen LogP contribution is 2.40. The fourth-order valence-corrected chi connectivity index (χ4v) is 20.5. The van der Waals surface area contributed by atoms with Gasteiger partial charge in [-0.3, -0.25) is 0 Å². The highest BCUT2D eigenvalue weighted by molar-refractivity contribution is 8.14. The number of imidazole rings is 2. The van der Waals surface area contributed by atoms with Crippen LogP contribution >= 0.6 is 0 Å². The van der Waals surface area contributed by atoms with Gasteiger partial charge in [-0.2, -0.15) is 96.6 Å². The number of alkyl halides is 22. The lowest BCUT2D eigenvalue weighted by Crippen LogP contribution is -3.00. The molecule has 780 valence electrons. The molecule has 0 amide bonds. The molecule has 0 spiro atoms. The molecule has 68 heteroatoms. The minimum Gasteiger partial charge on any atom is -1.00 e. The van der Waals surface area contributed by atoms with E-state index in [0.29, 0.717) is 0 Å². The molecular weight excluding hydrogens is 2070 g/mol. The van der Waals surface area contributed by atoms with Crippen LogP contribution in [-0.2, 0) is 130 Å². The van der Waals surface area contributed by atoms with Gasteiger partial charge in [0.25, 0.3) is 5.82 Å². The third kappa shape index (κ3) is 58.7. The van der Waals surface area contributed by atoms with Gasteiger partial charge >= 0.3 is 43.6 Å². The standard InChI is InChI=1S/C12H30NOSi.C10H21N2OSi.C10H24NOSi.C10H26NOSi.C9H19N2OSi.2C3H3F5NO4S2.2C2F6NO4S2.ClH/c1-7-13(5,6)11-12-14-15(8-2,9-3)10-4;1-10-11(2)6-7-12(10)8-9-13-14(3,4)5;1-11(7-5-6-8-11)9-10-12-13(2,3)4;1-7-11(3,4)9-10-12-13(5,6)8-2;1-10-5-6-11(9-10)7-8-12-13(2,3)4;2*1-2(4,5)14(10,11)9-15(12,13)3(6,7)8;2*3-1(4,5)14(10,11)9-15(12,13)2(6,7)8;/h7-12H2,1-6H3;6-7H,8-9H2,1-5H3;5-10H2,1-4H3;7-10H2,1-6H3;5-6,9H,7-8H2,1-4H3;2*1H3;;;1H/q5*+1;4*-1;/p-1. The molecule has 0 aromatic carbocycles. The summed E-state index contributed by atoms with van der Waals surface area (Å²) in [5.41, 5.74) is -36.9. The van der Waals surface area contributed by atoms with Crippen LogP contribution < -0.4 is 21.5 Å². The Morgan fingerprint density at radius 2 is 0.674 bits per heavy atom. The van der Waals surface area contributed by atoms with Crippen LogP contribution in [0.1, 0.15) is 74.1 Å². The van der Waals surface area contributed by atoms with Gasteiger partial charge in [-0.05, 0) is 110 Å². The van der Waals surface area contributed by atoms with Crippen LogP contribution in [0.25, 0.3) is 16.5 Å². The number of halogens is 23. The molecule has 0 radical (unpaired) electrons. The summed E-state index contributed by atoms with van der Waals surface area (Å²) in [4.78, 5) is 0. The summed E-state index contributed by atoms with van der Waals surface area (Å²) in [6.45, 7) is 54.7. The SMILES string of the molecule is CC(F)(F)S(=O)(=O)[N-]S(=O)(=O)C(F)(F)F.CC(F)(F)S(=O)(=O)[N-]S(=O)(=O)C(F)(F)F.CC[N+](C)(C)CCO[Si](C)(C)CC.CC[N+](C)(C)CCO[Si](CC)(CC)CC.C[N+]1(CCO[Si](C)(C)C)CCCC1.C[n+]1ccn(CCO[Si](C)(C)C)c1.Cc1n(CCO[Si](C)(C)C)cc[n+]1C.O=S(=O)([N-]S(=O)(=O)C(F)(F)F)C(F)(F)F.O=S(=O)([N-]S(=O)(=O)C(F)(F)F)C(F)(F)F.[Cl-]. The zero-order valence-corrected chi connectivity index (χ0v) is 88.8. The number of hydrogen-bond acceptors (Lipinski definition) is 21. The van der Waals surface area contributed by atoms with Gasteiger partial charge in [-0.1, -0.05) is 27.7 Å². The van der Waals surface area contributed by atoms with Gasteiger partial charge < -0.3 is 64.5 Å². The topological polar surface area (TPSA) is 393 Å². The van der Waals surface area contributed by atoms with Crippen molar-refractivity contribution in [1.82, 2.24) is 9.13 Å². The molecule has 0 unspecified atom stereocenters. The van der Waals surface area contributed by atoms with Crippen molar-refractivity contribution in [2.45, 2.75) is 228 Å². The highest BCUT2D eigenvalue weighted by Gasteiger charge is 2.50. The minimum atomic E-state index is -6.72. The Kier molecular flexibility index (Phi) is 57.8. The van der Waals surface area contributed by atoms with Gasteiger partial charge in [0.15, 0.2) is 102 Å². The molecule has 3 heterocycles. The summed E-state index contributed by atoms with van der Waals surface area (Å²) < 4.78 is 462. The first kappa shape index (κ1) is 139. The van der Waals surface area contributed by atoms with Gasteiger partial charge in [0, 0.05) is 33.6 Å². The van der Waals surface area contributed by atoms with Crippen molar-refractivity contribution in [3.8, 4) is 0 Å². The molecule has 1 aliphatic rings. The normalized spacial score (nSPS) is 14.8. The molecule has 0 atom stereocenters. The number of nitrogens with zero attached hydrogens (tertiary/aromatic N) is 11. The zero-order chi connectivity index (χ0) is 104. The Hall–Kier alpha value is -2.63. The maximum Gasteiger partial charge on any atom is 0.480 e. The Morgan fingerprint density at radius 1 is 0.403 bits per heavy atom. The second-order valence-electron chi connectivity index (χ2n) is 32.7. The third-order valence-electron chi connectivity index (χ3n) is 17.0. The molecule has 32 nitrogen and oxygen atoms in total. The maximum atomic E-state index is 12.1. The van der Waals surface area contributed by atoms with E-state index in [0.717, 1.165) is 84.7 Å². The van der Waals surface area contributed by atoms with Gasteiger partial charge in [0.2, 0.25) is 6.33 Å². The van der Waals surface area contributed by atoms with E-state index in [9.17, 15) is 164 Å². The molecule has 1 aliphatic heterocycles. The average molecular weight is 2200 g/mol. The first-order chi connectivity index (χ1) is 55.9. The lowest BCUT2D eigenvalue weighted by Gasteiger charge is -2.32. The molecule has 0 bridgehead atoms. The molecule has 2 aromatic rings. The molecular formula is C61H126ClF22N11O21S8Si5. The summed E-state index contributed by atoms with van der Waals surface area (Å²) in [6.07, 6.45) is 13.1. The number of aryl methyl sites for hydroxylation is 2. The minimum absolute atomic E-state index is 0. The van der Waals surface area contributed by atoms with Crippen molar-refractivity contribution in [2.75, 3.05) is 114 Å². The summed E-state index contributed by atoms with van der Waals surface area (Å²) in [7, 11) is -43.0. The van der Waals surface area contributed by atoms with Crippen LogP contribution in [0, 0.1) is 6.92 Å². The Balaban J connectivity index is -0.000000259. The van der Waals surface area contributed by atoms with Crippen LogP contribution in [0.3, 0.4) is 0 Å². The number of hydrogen-bond donors (Lipinski definition) is 0. The summed E-state index contributed by atoms with van der Waals surface area (Å²) >= 11 is 0. The number of rotatable bonds is 36. The van der Waals surface area contributed by atoms with Crippen LogP contribution in [0.5, 0.6) is 0 Å². The van der Waals surface area contributed by atoms with Crippen molar-refractivity contribution >= 4 is 122 Å². The lowest BCUT2D eigenvalue weighted by atomic mass is 10.4. The van der Waals surface area contributed by atoms with Crippen molar-refractivity contribution in [1.29, 1.82) is 0 Å². The van der Waals surface area contributed by atoms with Crippen molar-refractivity contribution in [2.24, 2.45) is 14.1 Å². The largest absolute Gasteiger partial charge is 1.00 e. The van der Waals surface area contributed by atoms with Gasteiger partial charge in [-0.15, -0.1) is 0 Å². The first-order valence-electron chi connectivity index (χ1n) is 37.7. The smallest absolute Gasteiger partial charge is 0.480 e. The third-order valence-corrected chi connectivity index (χ3v) is 39.2. The monoisotopic (exact) mass is 2200 g/mol. The number of likely N-dealkylation sites (N-methyl/N-ethyl adjacent to an activating group) is 3. The molecule has 0 aliphatic carbocycles. The van der Waals surface area contributed by atoms with E-state index in [1.165, 1.54) is 80.0 Å². The van der Waals surface area contributed by atoms with Crippen molar-refractivity contribution < 1.29 is 221 Å². The number of likely N-dealkylation sites (tertiary alicyclic amines) is 1. The van der Waals surface area contributed by atoms with E-state index in [2.05, 4.69) is 201 Å². The fraction of sp³-hybridized carbons (Fsp3) is 0.902. The predicted molar refractivity (Wildman–Crippen MR) is 448 cm³/mol. The number of quaternary nitrogens is 3. The Bertz CT molecular complexity index is 4050. The highest BCUT2D eigenvalue weighted by atomic mass is 35.5. The Morgan fingerprint density at radius 3 is 0.899 bits per heavy atom. The van der Waals surface area contributed by atoms with E-state index >= 15 is 0 Å². The van der Waals surface area contributed by atoms with Crippen LogP contribution in [-0.4, -0.2) is 289 Å². The van der Waals surface area contributed by atoms with E-state index in [4.69, 9.17) is 22.1 Å². The van der Waals surface area contributed by atoms with E-state index in [-0.39, 0.29) is 26.3 Å². The molecule has 1 saturated heterocycles. The molecule has 129 heavy (non-hydrogen) atoms. The quantitative estimate of drug-likeness (QED) is 0.0265. The van der Waals surface area contributed by atoms with Gasteiger partial charge in [0.1, 0.15) is 77.6 Å². The molecule has 1 fully saturated rings. The molecule has 2 aromatic heterocycles. The maximum absolute atomic E-state index is 12.1. The van der Waals surface area contributed by atoms with E-state index in [1.54, 1.807) is 0 Å². The van der Waals surface area contributed by atoms with Crippen molar-refractivity contribution in [3.05, 3.63) is 53.4 Å². The summed E-state index contributed by atoms with van der Waals surface area (Å²) in [5, 5.41) is -9.41. The van der Waals surface area contributed by atoms with E-state index in [1.807, 2.05) is 17.8 Å². The predicted octanol–water partition coefficient (Wildman–Crippen LogP) is 11.6. The zero-order valence-electron chi connectivity index (χ0n) is 76.5. The average Bonchev–Trinajstić information content (AvgIpc) is 1.57. The lowest BCUT2D eigenvalue weighted by molar-refractivity contribution is -0.897. The van der Waals surface area contributed by atoms with Crippen LogP contribution in [0.15, 0.2) is 31.1 Å². The van der Waals surface area contributed by atoms with Crippen molar-refractivity contribution in [3.63, 3.8) is 0 Å². The summed E-state index contributed by atoms with van der Waals surface area (Å²) in [6, 6.07) is 5.01. The molecule has 0 saturated carbocycles. The van der Waals surface area contributed by atoms with Crippen LogP contribution in [0.2, 0.25) is 96.2 Å². The summed E-state index contributed by atoms with van der Waals surface area (Å²) in [5.74, 6) is 1.27. The molecule has 0 N–H and O–H groups in total. The second-order valence-corrected chi connectivity index (χ2v) is 69.8.